The highest BCUT2D eigenvalue weighted by Gasteiger charge is 1.99. The molecule has 0 fully saturated rings. The van der Waals surface area contributed by atoms with Crippen molar-refractivity contribution in [2.24, 2.45) is 5.92 Å². The molecule has 1 aromatic rings. The summed E-state index contributed by atoms with van der Waals surface area (Å²) in [5.41, 5.74) is 2.14. The van der Waals surface area contributed by atoms with E-state index in [-0.39, 0.29) is 5.78 Å². The van der Waals surface area contributed by atoms with Gasteiger partial charge in [0.15, 0.2) is 5.78 Å². The zero-order valence-electron chi connectivity index (χ0n) is 9.92. The van der Waals surface area contributed by atoms with Gasteiger partial charge in [0.25, 0.3) is 0 Å². The number of aryl methyl sites for hydroxylation is 1. The highest BCUT2D eigenvalue weighted by Crippen LogP contribution is 2.11. The fourth-order valence-electron chi connectivity index (χ4n) is 1.62. The van der Waals surface area contributed by atoms with E-state index in [9.17, 15) is 4.79 Å². The normalized spacial score (nSPS) is 10.7. The standard InChI is InChI=1S/C14H20O/c1-11(2)5-4-6-13-7-9-14(10-8-13)12(3)15/h7-11H,4-6H2,1-3H3. The number of rotatable bonds is 5. The maximum absolute atomic E-state index is 11.1. The van der Waals surface area contributed by atoms with Gasteiger partial charge in [0.1, 0.15) is 0 Å². The van der Waals surface area contributed by atoms with Crippen molar-refractivity contribution in [1.29, 1.82) is 0 Å². The number of carbonyl (C=O) groups is 1. The van der Waals surface area contributed by atoms with Crippen LogP contribution in [0.1, 0.15) is 49.5 Å². The Labute approximate surface area is 92.5 Å². The highest BCUT2D eigenvalue weighted by atomic mass is 16.1. The van der Waals surface area contributed by atoms with E-state index in [1.165, 1.54) is 18.4 Å². The van der Waals surface area contributed by atoms with Gasteiger partial charge in [0.05, 0.1) is 0 Å². The summed E-state index contributed by atoms with van der Waals surface area (Å²) in [5.74, 6) is 0.922. The van der Waals surface area contributed by atoms with Crippen LogP contribution in [-0.4, -0.2) is 5.78 Å². The lowest BCUT2D eigenvalue weighted by atomic mass is 10.0. The third kappa shape index (κ3) is 4.28. The van der Waals surface area contributed by atoms with Crippen molar-refractivity contribution in [3.63, 3.8) is 0 Å². The van der Waals surface area contributed by atoms with Crippen LogP contribution in [0.4, 0.5) is 0 Å². The molecule has 82 valence electrons. The first-order valence-corrected chi connectivity index (χ1v) is 5.69. The number of ketones is 1. The summed E-state index contributed by atoms with van der Waals surface area (Å²) >= 11 is 0. The number of hydrogen-bond acceptors (Lipinski definition) is 1. The molecule has 0 aromatic heterocycles. The summed E-state index contributed by atoms with van der Waals surface area (Å²) < 4.78 is 0. The summed E-state index contributed by atoms with van der Waals surface area (Å²) in [6, 6.07) is 7.98. The molecule has 0 atom stereocenters. The minimum Gasteiger partial charge on any atom is -0.295 e. The Morgan fingerprint density at radius 2 is 1.80 bits per heavy atom. The van der Waals surface area contributed by atoms with Gasteiger partial charge in [-0.2, -0.15) is 0 Å². The third-order valence-corrected chi connectivity index (χ3v) is 2.61. The summed E-state index contributed by atoms with van der Waals surface area (Å²) in [6.07, 6.45) is 3.63. The van der Waals surface area contributed by atoms with Crippen molar-refractivity contribution in [3.05, 3.63) is 35.4 Å². The second-order valence-electron chi connectivity index (χ2n) is 4.54. The van der Waals surface area contributed by atoms with Gasteiger partial charge in [0.2, 0.25) is 0 Å². The van der Waals surface area contributed by atoms with Gasteiger partial charge in [0, 0.05) is 5.56 Å². The molecule has 1 aromatic carbocycles. The molecule has 0 N–H and O–H groups in total. The van der Waals surface area contributed by atoms with Crippen molar-refractivity contribution in [2.75, 3.05) is 0 Å². The van der Waals surface area contributed by atoms with Crippen molar-refractivity contribution in [1.82, 2.24) is 0 Å². The SMILES string of the molecule is CC(=O)c1ccc(CCCC(C)C)cc1. The molecule has 0 saturated heterocycles. The Balaban J connectivity index is 2.46. The summed E-state index contributed by atoms with van der Waals surface area (Å²) in [5, 5.41) is 0. The molecule has 1 rings (SSSR count). The molecule has 0 heterocycles. The van der Waals surface area contributed by atoms with Crippen molar-refractivity contribution < 1.29 is 4.79 Å². The third-order valence-electron chi connectivity index (χ3n) is 2.61. The first-order chi connectivity index (χ1) is 7.09. The number of benzene rings is 1. The van der Waals surface area contributed by atoms with E-state index in [2.05, 4.69) is 26.0 Å². The molecule has 15 heavy (non-hydrogen) atoms. The largest absolute Gasteiger partial charge is 0.295 e. The van der Waals surface area contributed by atoms with Crippen LogP contribution in [0.5, 0.6) is 0 Å². The van der Waals surface area contributed by atoms with E-state index in [1.54, 1.807) is 6.92 Å². The number of Topliss-reactive ketones (excluding diaryl/α,β-unsaturated/α-hetero) is 1. The molecule has 0 bridgehead atoms. The molecule has 0 aliphatic heterocycles. The molecule has 1 heteroatoms. The minimum atomic E-state index is 0.142. The summed E-state index contributed by atoms with van der Waals surface area (Å²) in [4.78, 5) is 11.1. The average Bonchev–Trinajstić information content (AvgIpc) is 2.18. The van der Waals surface area contributed by atoms with E-state index < -0.39 is 0 Å². The molecule has 0 spiro atoms. The topological polar surface area (TPSA) is 17.1 Å². The molecule has 0 saturated carbocycles. The quantitative estimate of drug-likeness (QED) is 0.665. The Morgan fingerprint density at radius 1 is 1.20 bits per heavy atom. The average molecular weight is 204 g/mol. The Hall–Kier alpha value is -1.11. The first kappa shape index (κ1) is 12.0. The van der Waals surface area contributed by atoms with Gasteiger partial charge in [-0.05, 0) is 31.2 Å². The van der Waals surface area contributed by atoms with Crippen LogP contribution in [0.3, 0.4) is 0 Å². The predicted octanol–water partition coefficient (Wildman–Crippen LogP) is 3.87. The van der Waals surface area contributed by atoms with Crippen LogP contribution in [0.15, 0.2) is 24.3 Å². The van der Waals surface area contributed by atoms with Crippen LogP contribution in [0, 0.1) is 5.92 Å². The number of hydrogen-bond donors (Lipinski definition) is 0. The van der Waals surface area contributed by atoms with Gasteiger partial charge in [-0.3, -0.25) is 4.79 Å². The number of carbonyl (C=O) groups excluding carboxylic acids is 1. The lowest BCUT2D eigenvalue weighted by Gasteiger charge is -2.05. The van der Waals surface area contributed by atoms with Gasteiger partial charge >= 0.3 is 0 Å². The van der Waals surface area contributed by atoms with Gasteiger partial charge < -0.3 is 0 Å². The van der Waals surface area contributed by atoms with Crippen molar-refractivity contribution >= 4 is 5.78 Å². The second kappa shape index (κ2) is 5.69. The van der Waals surface area contributed by atoms with Crippen LogP contribution in [0.25, 0.3) is 0 Å². The van der Waals surface area contributed by atoms with E-state index in [0.717, 1.165) is 17.9 Å². The van der Waals surface area contributed by atoms with Crippen LogP contribution >= 0.6 is 0 Å². The van der Waals surface area contributed by atoms with Crippen LogP contribution < -0.4 is 0 Å². The highest BCUT2D eigenvalue weighted by molar-refractivity contribution is 5.93. The molecule has 0 unspecified atom stereocenters. The zero-order chi connectivity index (χ0) is 11.3. The second-order valence-corrected chi connectivity index (χ2v) is 4.54. The van der Waals surface area contributed by atoms with E-state index >= 15 is 0 Å². The maximum atomic E-state index is 11.1. The minimum absolute atomic E-state index is 0.142. The fraction of sp³-hybridized carbons (Fsp3) is 0.500. The summed E-state index contributed by atoms with van der Waals surface area (Å²) in [7, 11) is 0. The molecular formula is C14H20O. The van der Waals surface area contributed by atoms with E-state index in [4.69, 9.17) is 0 Å². The van der Waals surface area contributed by atoms with Crippen molar-refractivity contribution in [3.8, 4) is 0 Å². The lowest BCUT2D eigenvalue weighted by Crippen LogP contribution is -1.94. The maximum Gasteiger partial charge on any atom is 0.159 e. The van der Waals surface area contributed by atoms with Crippen LogP contribution in [-0.2, 0) is 6.42 Å². The Kier molecular flexibility index (Phi) is 4.54. The van der Waals surface area contributed by atoms with E-state index in [0.29, 0.717) is 0 Å². The predicted molar refractivity (Wildman–Crippen MR) is 64.2 cm³/mol. The Morgan fingerprint density at radius 3 is 2.27 bits per heavy atom. The fourth-order valence-corrected chi connectivity index (χ4v) is 1.62. The smallest absolute Gasteiger partial charge is 0.159 e. The first-order valence-electron chi connectivity index (χ1n) is 5.69. The molecular weight excluding hydrogens is 184 g/mol. The molecule has 1 nitrogen and oxygen atoms in total. The molecule has 0 amide bonds. The van der Waals surface area contributed by atoms with Crippen molar-refractivity contribution in [2.45, 2.75) is 40.0 Å². The monoisotopic (exact) mass is 204 g/mol. The summed E-state index contributed by atoms with van der Waals surface area (Å²) in [6.45, 7) is 6.10. The van der Waals surface area contributed by atoms with E-state index in [1.807, 2.05) is 12.1 Å². The molecule has 0 aliphatic rings. The molecule has 0 radical (unpaired) electrons. The van der Waals surface area contributed by atoms with Crippen LogP contribution in [0.2, 0.25) is 0 Å². The Bertz CT molecular complexity index is 309. The lowest BCUT2D eigenvalue weighted by molar-refractivity contribution is 0.101. The van der Waals surface area contributed by atoms with Gasteiger partial charge in [-0.15, -0.1) is 0 Å². The molecule has 0 aliphatic carbocycles. The van der Waals surface area contributed by atoms with Gasteiger partial charge in [-0.25, -0.2) is 0 Å². The van der Waals surface area contributed by atoms with Gasteiger partial charge in [-0.1, -0.05) is 44.5 Å². The zero-order valence-corrected chi connectivity index (χ0v) is 9.92.